The number of fused-ring (bicyclic) bond motifs is 1. The Morgan fingerprint density at radius 2 is 2.05 bits per heavy atom. The first-order chi connectivity index (χ1) is 10.6. The summed E-state index contributed by atoms with van der Waals surface area (Å²) in [5.74, 6) is 1.19. The average molecular weight is 354 g/mol. The topological polar surface area (TPSA) is 33.5 Å². The van der Waals surface area contributed by atoms with E-state index in [1.807, 2.05) is 0 Å². The van der Waals surface area contributed by atoms with Gasteiger partial charge in [0.25, 0.3) is 0 Å². The Morgan fingerprint density at radius 1 is 1.27 bits per heavy atom. The maximum atomic E-state index is 12.1. The lowest BCUT2D eigenvalue weighted by Gasteiger charge is -2.28. The summed E-state index contributed by atoms with van der Waals surface area (Å²) in [5, 5.41) is 1.11. The SMILES string of the molecule is O=c1cc(CSC(=S)N2CCCCC2)oc2cc(Cl)ccc12. The molecule has 3 rings (SSSR count). The van der Waals surface area contributed by atoms with Crippen molar-refractivity contribution in [2.45, 2.75) is 25.0 Å². The first-order valence-electron chi connectivity index (χ1n) is 7.27. The van der Waals surface area contributed by atoms with Crippen LogP contribution in [0.1, 0.15) is 25.0 Å². The average Bonchev–Trinajstić information content (AvgIpc) is 2.53. The standard InChI is InChI=1S/C16H16ClNO2S2/c17-11-4-5-13-14(19)9-12(20-15(13)8-11)10-22-16(21)18-6-2-1-3-7-18/h4-5,8-9H,1-3,6-7,10H2. The van der Waals surface area contributed by atoms with E-state index in [0.29, 0.717) is 27.5 Å². The number of hydrogen-bond donors (Lipinski definition) is 0. The van der Waals surface area contributed by atoms with Crippen LogP contribution in [0.25, 0.3) is 11.0 Å². The van der Waals surface area contributed by atoms with Crippen LogP contribution in [0, 0.1) is 0 Å². The fourth-order valence-corrected chi connectivity index (χ4v) is 3.85. The molecule has 3 nitrogen and oxygen atoms in total. The Kier molecular flexibility index (Phi) is 5.06. The van der Waals surface area contributed by atoms with Gasteiger partial charge in [0.05, 0.1) is 11.1 Å². The predicted molar refractivity (Wildman–Crippen MR) is 96.8 cm³/mol. The fourth-order valence-electron chi connectivity index (χ4n) is 2.55. The molecule has 116 valence electrons. The lowest BCUT2D eigenvalue weighted by atomic mass is 10.1. The predicted octanol–water partition coefficient (Wildman–Crippen LogP) is 4.45. The lowest BCUT2D eigenvalue weighted by Crippen LogP contribution is -2.32. The third-order valence-corrected chi connectivity index (χ3v) is 5.48. The molecule has 0 amide bonds. The number of halogens is 1. The summed E-state index contributed by atoms with van der Waals surface area (Å²) in [6.07, 6.45) is 3.68. The molecule has 0 spiro atoms. The van der Waals surface area contributed by atoms with Gasteiger partial charge in [-0.1, -0.05) is 35.6 Å². The molecular weight excluding hydrogens is 338 g/mol. The maximum Gasteiger partial charge on any atom is 0.192 e. The zero-order valence-electron chi connectivity index (χ0n) is 12.0. The molecule has 0 radical (unpaired) electrons. The van der Waals surface area contributed by atoms with E-state index < -0.39 is 0 Å². The largest absolute Gasteiger partial charge is 0.460 e. The van der Waals surface area contributed by atoms with E-state index in [1.54, 1.807) is 36.0 Å². The molecule has 1 aliphatic rings. The van der Waals surface area contributed by atoms with Crippen LogP contribution in [0.2, 0.25) is 5.02 Å². The minimum atomic E-state index is -0.0441. The number of benzene rings is 1. The third kappa shape index (κ3) is 3.65. The van der Waals surface area contributed by atoms with Gasteiger partial charge in [-0.3, -0.25) is 4.79 Å². The highest BCUT2D eigenvalue weighted by molar-refractivity contribution is 8.22. The van der Waals surface area contributed by atoms with Gasteiger partial charge in [0.15, 0.2) is 5.43 Å². The van der Waals surface area contributed by atoms with Crippen LogP contribution in [0.15, 0.2) is 33.5 Å². The number of thioether (sulfide) groups is 1. The number of rotatable bonds is 2. The summed E-state index contributed by atoms with van der Waals surface area (Å²) < 4.78 is 6.66. The molecule has 1 aromatic carbocycles. The third-order valence-electron chi connectivity index (χ3n) is 3.69. The fraction of sp³-hybridized carbons (Fsp3) is 0.375. The van der Waals surface area contributed by atoms with Gasteiger partial charge in [-0.2, -0.15) is 0 Å². The number of nitrogens with zero attached hydrogens (tertiary/aromatic N) is 1. The number of likely N-dealkylation sites (tertiary alicyclic amines) is 1. The maximum absolute atomic E-state index is 12.1. The molecule has 1 saturated heterocycles. The van der Waals surface area contributed by atoms with Gasteiger partial charge >= 0.3 is 0 Å². The molecule has 0 atom stereocenters. The normalized spacial score (nSPS) is 15.2. The monoisotopic (exact) mass is 353 g/mol. The van der Waals surface area contributed by atoms with Crippen LogP contribution in [0.5, 0.6) is 0 Å². The highest BCUT2D eigenvalue weighted by atomic mass is 35.5. The molecule has 1 aliphatic heterocycles. The molecule has 6 heteroatoms. The zero-order valence-corrected chi connectivity index (χ0v) is 14.4. The van der Waals surface area contributed by atoms with Gasteiger partial charge in [-0.15, -0.1) is 0 Å². The van der Waals surface area contributed by atoms with E-state index in [4.69, 9.17) is 28.2 Å². The summed E-state index contributed by atoms with van der Waals surface area (Å²) in [5.41, 5.74) is 0.483. The van der Waals surface area contributed by atoms with Gasteiger partial charge in [0.1, 0.15) is 15.7 Å². The molecule has 1 aromatic heterocycles. The summed E-state index contributed by atoms with van der Waals surface area (Å²) in [7, 11) is 0. The van der Waals surface area contributed by atoms with E-state index in [2.05, 4.69) is 4.90 Å². The molecule has 22 heavy (non-hydrogen) atoms. The quantitative estimate of drug-likeness (QED) is 0.745. The van der Waals surface area contributed by atoms with Gasteiger partial charge in [-0.05, 0) is 31.4 Å². The zero-order chi connectivity index (χ0) is 15.5. The van der Waals surface area contributed by atoms with Gasteiger partial charge in [0, 0.05) is 30.2 Å². The van der Waals surface area contributed by atoms with Crippen LogP contribution in [-0.2, 0) is 5.75 Å². The minimum Gasteiger partial charge on any atom is -0.460 e. The summed E-state index contributed by atoms with van der Waals surface area (Å²) >= 11 is 13.0. The number of piperidine rings is 1. The molecule has 0 saturated carbocycles. The molecule has 0 aliphatic carbocycles. The second kappa shape index (κ2) is 7.02. The van der Waals surface area contributed by atoms with Crippen LogP contribution in [0.4, 0.5) is 0 Å². The van der Waals surface area contributed by atoms with Crippen molar-refractivity contribution in [2.24, 2.45) is 0 Å². The van der Waals surface area contributed by atoms with E-state index >= 15 is 0 Å². The Labute approximate surface area is 143 Å². The van der Waals surface area contributed by atoms with Crippen molar-refractivity contribution in [1.29, 1.82) is 0 Å². The first-order valence-corrected chi connectivity index (χ1v) is 9.05. The molecule has 2 aromatic rings. The first kappa shape index (κ1) is 15.8. The Morgan fingerprint density at radius 3 is 2.82 bits per heavy atom. The minimum absolute atomic E-state index is 0.0441. The Hall–Kier alpha value is -1.04. The molecule has 1 fully saturated rings. The second-order valence-corrected chi connectivity index (χ2v) is 7.37. The number of hydrogen-bond acceptors (Lipinski definition) is 4. The van der Waals surface area contributed by atoms with Gasteiger partial charge < -0.3 is 9.32 Å². The highest BCUT2D eigenvalue weighted by Crippen LogP contribution is 2.22. The van der Waals surface area contributed by atoms with Crippen molar-refractivity contribution in [3.8, 4) is 0 Å². The van der Waals surface area contributed by atoms with Crippen molar-refractivity contribution < 1.29 is 4.42 Å². The molecule has 2 heterocycles. The van der Waals surface area contributed by atoms with Crippen LogP contribution >= 0.6 is 35.6 Å². The summed E-state index contributed by atoms with van der Waals surface area (Å²) in [6, 6.07) is 6.61. The summed E-state index contributed by atoms with van der Waals surface area (Å²) in [6.45, 7) is 2.06. The molecular formula is C16H16ClNO2S2. The van der Waals surface area contributed by atoms with Crippen molar-refractivity contribution in [3.05, 3.63) is 45.3 Å². The van der Waals surface area contributed by atoms with E-state index in [0.717, 1.165) is 17.4 Å². The van der Waals surface area contributed by atoms with E-state index in [9.17, 15) is 4.79 Å². The highest BCUT2D eigenvalue weighted by Gasteiger charge is 2.14. The van der Waals surface area contributed by atoms with E-state index in [-0.39, 0.29) is 5.43 Å². The molecule has 0 N–H and O–H groups in total. The second-order valence-electron chi connectivity index (χ2n) is 5.32. The smallest absolute Gasteiger partial charge is 0.192 e. The van der Waals surface area contributed by atoms with Crippen LogP contribution in [0.3, 0.4) is 0 Å². The van der Waals surface area contributed by atoms with Crippen LogP contribution < -0.4 is 5.43 Å². The number of thiocarbonyl (C=S) groups is 1. The van der Waals surface area contributed by atoms with Crippen LogP contribution in [-0.4, -0.2) is 22.3 Å². The summed E-state index contributed by atoms with van der Waals surface area (Å²) in [4.78, 5) is 14.3. The van der Waals surface area contributed by atoms with Crippen molar-refractivity contribution in [3.63, 3.8) is 0 Å². The molecule has 0 unspecified atom stereocenters. The van der Waals surface area contributed by atoms with Gasteiger partial charge in [0.2, 0.25) is 0 Å². The van der Waals surface area contributed by atoms with Crippen molar-refractivity contribution in [2.75, 3.05) is 13.1 Å². The van der Waals surface area contributed by atoms with Crippen molar-refractivity contribution in [1.82, 2.24) is 4.90 Å². The molecule has 0 bridgehead atoms. The Balaban J connectivity index is 1.73. The van der Waals surface area contributed by atoms with E-state index in [1.165, 1.54) is 19.3 Å². The Bertz CT molecular complexity index is 753. The van der Waals surface area contributed by atoms with Crippen molar-refractivity contribution >= 4 is 50.9 Å². The lowest BCUT2D eigenvalue weighted by molar-refractivity contribution is 0.352. The van der Waals surface area contributed by atoms with Gasteiger partial charge in [-0.25, -0.2) is 0 Å².